The van der Waals surface area contributed by atoms with Gasteiger partial charge in [-0.2, -0.15) is 0 Å². The molecule has 0 atom stereocenters. The van der Waals surface area contributed by atoms with Gasteiger partial charge in [-0.3, -0.25) is 0 Å². The number of hydrogen-bond donors (Lipinski definition) is 2. The molecule has 3 heteroatoms. The van der Waals surface area contributed by atoms with Crippen LogP contribution in [0.15, 0.2) is 48.0 Å². The van der Waals surface area contributed by atoms with Crippen LogP contribution in [0.3, 0.4) is 0 Å². The second-order valence-electron chi connectivity index (χ2n) is 6.03. The van der Waals surface area contributed by atoms with E-state index in [0.717, 1.165) is 12.8 Å². The highest BCUT2D eigenvalue weighted by Crippen LogP contribution is 2.46. The molecule has 1 saturated carbocycles. The first-order valence-electron chi connectivity index (χ1n) is 7.52. The van der Waals surface area contributed by atoms with Crippen LogP contribution in [0.5, 0.6) is 0 Å². The summed E-state index contributed by atoms with van der Waals surface area (Å²) < 4.78 is 0. The maximum atomic E-state index is 9.47. The molecule has 1 aromatic carbocycles. The van der Waals surface area contributed by atoms with E-state index in [4.69, 9.17) is 0 Å². The van der Waals surface area contributed by atoms with E-state index in [0.29, 0.717) is 5.47 Å². The standard InChI is InChI=1S/C17H21BO2/c19-18(20)15-8-5-7-14-6-1-2-9-16(14)17(13-10-15)11-3-4-12-17/h1-2,5-6,8-10,19-20H,3-4,7,11-13H2/b8-5-,15-10+. The Bertz CT molecular complexity index is 540. The monoisotopic (exact) mass is 268 g/mol. The van der Waals surface area contributed by atoms with Gasteiger partial charge in [0.1, 0.15) is 0 Å². The lowest BCUT2D eigenvalue weighted by molar-refractivity contribution is 0.418. The highest BCUT2D eigenvalue weighted by atomic mass is 16.4. The van der Waals surface area contributed by atoms with Crippen LogP contribution in [0, 0.1) is 0 Å². The van der Waals surface area contributed by atoms with Gasteiger partial charge in [-0.05, 0) is 47.7 Å². The van der Waals surface area contributed by atoms with Gasteiger partial charge in [-0.15, -0.1) is 0 Å². The maximum Gasteiger partial charge on any atom is 0.488 e. The van der Waals surface area contributed by atoms with Crippen molar-refractivity contribution in [1.29, 1.82) is 0 Å². The molecule has 104 valence electrons. The highest BCUT2D eigenvalue weighted by molar-refractivity contribution is 6.51. The third-order valence-electron chi connectivity index (χ3n) is 4.82. The van der Waals surface area contributed by atoms with E-state index < -0.39 is 7.12 Å². The molecular formula is C17H21BO2. The molecule has 0 aliphatic heterocycles. The quantitative estimate of drug-likeness (QED) is 0.769. The molecule has 2 N–H and O–H groups in total. The molecule has 1 fully saturated rings. The van der Waals surface area contributed by atoms with E-state index in [1.54, 1.807) is 0 Å². The summed E-state index contributed by atoms with van der Waals surface area (Å²) >= 11 is 0. The van der Waals surface area contributed by atoms with Gasteiger partial charge < -0.3 is 10.0 Å². The molecule has 3 rings (SSSR count). The van der Waals surface area contributed by atoms with Gasteiger partial charge in [0.05, 0.1) is 0 Å². The molecular weight excluding hydrogens is 247 g/mol. The second-order valence-corrected chi connectivity index (χ2v) is 6.03. The van der Waals surface area contributed by atoms with Crippen molar-refractivity contribution in [3.8, 4) is 0 Å². The molecule has 2 aliphatic rings. The average Bonchev–Trinajstić information content (AvgIpc) is 2.94. The first-order valence-corrected chi connectivity index (χ1v) is 7.52. The third-order valence-corrected chi connectivity index (χ3v) is 4.82. The molecule has 0 aromatic heterocycles. The normalized spacial score (nSPS) is 25.0. The van der Waals surface area contributed by atoms with Crippen LogP contribution in [0.25, 0.3) is 0 Å². The molecule has 2 aliphatic carbocycles. The Balaban J connectivity index is 2.06. The van der Waals surface area contributed by atoms with E-state index >= 15 is 0 Å². The summed E-state index contributed by atoms with van der Waals surface area (Å²) in [5, 5.41) is 18.9. The van der Waals surface area contributed by atoms with Crippen molar-refractivity contribution >= 4 is 7.12 Å². The number of allylic oxidation sites excluding steroid dienone is 4. The minimum atomic E-state index is -1.37. The molecule has 2 nitrogen and oxygen atoms in total. The first-order chi connectivity index (χ1) is 9.71. The Hall–Kier alpha value is -1.32. The minimum Gasteiger partial charge on any atom is -0.423 e. The number of fused-ring (bicyclic) bond motifs is 2. The zero-order chi connectivity index (χ0) is 14.0. The predicted octanol–water partition coefficient (Wildman–Crippen LogP) is 2.94. The second kappa shape index (κ2) is 5.59. The fourth-order valence-electron chi connectivity index (χ4n) is 3.75. The molecule has 0 heterocycles. The van der Waals surface area contributed by atoms with Gasteiger partial charge in [-0.25, -0.2) is 0 Å². The summed E-state index contributed by atoms with van der Waals surface area (Å²) in [6.07, 6.45) is 12.6. The van der Waals surface area contributed by atoms with Crippen LogP contribution in [0.4, 0.5) is 0 Å². The number of rotatable bonds is 1. The van der Waals surface area contributed by atoms with Gasteiger partial charge in [0.25, 0.3) is 0 Å². The first kappa shape index (κ1) is 13.7. The Morgan fingerprint density at radius 2 is 1.80 bits per heavy atom. The fourth-order valence-corrected chi connectivity index (χ4v) is 3.75. The highest BCUT2D eigenvalue weighted by Gasteiger charge is 2.36. The van der Waals surface area contributed by atoms with Crippen molar-refractivity contribution in [3.63, 3.8) is 0 Å². The minimum absolute atomic E-state index is 0.197. The molecule has 0 unspecified atom stereocenters. The van der Waals surface area contributed by atoms with Crippen molar-refractivity contribution in [2.75, 3.05) is 0 Å². The molecule has 0 saturated heterocycles. The van der Waals surface area contributed by atoms with Gasteiger partial charge in [0, 0.05) is 0 Å². The van der Waals surface area contributed by atoms with Crippen LogP contribution in [-0.2, 0) is 11.8 Å². The Labute approximate surface area is 121 Å². The van der Waals surface area contributed by atoms with Crippen LogP contribution in [0.1, 0.15) is 43.2 Å². The smallest absolute Gasteiger partial charge is 0.423 e. The van der Waals surface area contributed by atoms with E-state index in [-0.39, 0.29) is 5.41 Å². The zero-order valence-corrected chi connectivity index (χ0v) is 11.8. The van der Waals surface area contributed by atoms with Crippen LogP contribution < -0.4 is 0 Å². The number of hydrogen-bond acceptors (Lipinski definition) is 2. The van der Waals surface area contributed by atoms with Gasteiger partial charge in [0.2, 0.25) is 0 Å². The molecule has 0 radical (unpaired) electrons. The summed E-state index contributed by atoms with van der Waals surface area (Å²) in [4.78, 5) is 0. The average molecular weight is 268 g/mol. The van der Waals surface area contributed by atoms with Crippen LogP contribution >= 0.6 is 0 Å². The van der Waals surface area contributed by atoms with Crippen molar-refractivity contribution in [2.24, 2.45) is 0 Å². The summed E-state index contributed by atoms with van der Waals surface area (Å²) in [5.41, 5.74) is 3.67. The van der Waals surface area contributed by atoms with Crippen molar-refractivity contribution in [2.45, 2.75) is 43.9 Å². The molecule has 0 amide bonds. The molecule has 1 aromatic rings. The lowest BCUT2D eigenvalue weighted by atomic mass is 9.72. The summed E-state index contributed by atoms with van der Waals surface area (Å²) in [7, 11) is -1.37. The number of benzene rings is 1. The van der Waals surface area contributed by atoms with Crippen molar-refractivity contribution in [3.05, 3.63) is 59.1 Å². The summed E-state index contributed by atoms with van der Waals surface area (Å²) in [5.74, 6) is 0. The molecule has 0 bridgehead atoms. The lowest BCUT2D eigenvalue weighted by Crippen LogP contribution is -2.23. The lowest BCUT2D eigenvalue weighted by Gasteiger charge is -2.30. The Morgan fingerprint density at radius 3 is 2.55 bits per heavy atom. The van der Waals surface area contributed by atoms with Crippen molar-refractivity contribution < 1.29 is 10.0 Å². The predicted molar refractivity (Wildman–Crippen MR) is 82.3 cm³/mol. The van der Waals surface area contributed by atoms with Crippen LogP contribution in [0.2, 0.25) is 0 Å². The van der Waals surface area contributed by atoms with Crippen molar-refractivity contribution in [1.82, 2.24) is 0 Å². The van der Waals surface area contributed by atoms with E-state index in [9.17, 15) is 10.0 Å². The van der Waals surface area contributed by atoms with Gasteiger partial charge in [0.15, 0.2) is 0 Å². The maximum absolute atomic E-state index is 9.47. The van der Waals surface area contributed by atoms with E-state index in [1.807, 2.05) is 18.2 Å². The van der Waals surface area contributed by atoms with Gasteiger partial charge >= 0.3 is 7.12 Å². The zero-order valence-electron chi connectivity index (χ0n) is 11.8. The van der Waals surface area contributed by atoms with Crippen LogP contribution in [-0.4, -0.2) is 17.2 Å². The Kier molecular flexibility index (Phi) is 3.82. The molecule has 20 heavy (non-hydrogen) atoms. The third kappa shape index (κ3) is 2.48. The summed E-state index contributed by atoms with van der Waals surface area (Å²) in [6, 6.07) is 8.71. The largest absolute Gasteiger partial charge is 0.488 e. The van der Waals surface area contributed by atoms with E-state index in [1.165, 1.54) is 36.8 Å². The Morgan fingerprint density at radius 1 is 1.05 bits per heavy atom. The molecule has 1 spiro atoms. The fraction of sp³-hybridized carbons (Fsp3) is 0.412. The van der Waals surface area contributed by atoms with E-state index in [2.05, 4.69) is 24.3 Å². The topological polar surface area (TPSA) is 40.5 Å². The summed E-state index contributed by atoms with van der Waals surface area (Å²) in [6.45, 7) is 0. The van der Waals surface area contributed by atoms with Gasteiger partial charge in [-0.1, -0.05) is 55.3 Å². The SMILES string of the molecule is OB(O)C1=C/CC2(CCCC2)c2ccccc2C/C=C\1.